The summed E-state index contributed by atoms with van der Waals surface area (Å²) in [6.07, 6.45) is 5.50. The van der Waals surface area contributed by atoms with Crippen LogP contribution in [0.15, 0.2) is 30.3 Å². The first-order valence-corrected chi connectivity index (χ1v) is 7.80. The molecule has 1 amide bonds. The van der Waals surface area contributed by atoms with Crippen LogP contribution in [0.2, 0.25) is 0 Å². The van der Waals surface area contributed by atoms with Crippen LogP contribution in [0.4, 0.5) is 0 Å². The second-order valence-electron chi connectivity index (χ2n) is 6.29. The summed E-state index contributed by atoms with van der Waals surface area (Å²) in [5.74, 6) is 0.292. The minimum atomic E-state index is 0. The molecular weight excluding hydrogens is 284 g/mol. The maximum Gasteiger partial charge on any atom is 0.226 e. The molecule has 0 bridgehead atoms. The van der Waals surface area contributed by atoms with Crippen molar-refractivity contribution in [2.24, 2.45) is 5.41 Å². The third kappa shape index (κ3) is 3.98. The Morgan fingerprint density at radius 1 is 1.05 bits per heavy atom. The third-order valence-corrected chi connectivity index (χ3v) is 5.04. The molecule has 0 aromatic heterocycles. The van der Waals surface area contributed by atoms with Gasteiger partial charge in [-0.1, -0.05) is 30.3 Å². The molecule has 116 valence electrons. The molecule has 2 fully saturated rings. The molecule has 3 rings (SSSR count). The fourth-order valence-electron chi connectivity index (χ4n) is 3.57. The van der Waals surface area contributed by atoms with E-state index in [2.05, 4.69) is 10.2 Å². The molecule has 2 aliphatic heterocycles. The molecule has 21 heavy (non-hydrogen) atoms. The number of piperidine rings is 2. The zero-order valence-electron chi connectivity index (χ0n) is 12.5. The molecule has 1 N–H and O–H groups in total. The van der Waals surface area contributed by atoms with E-state index in [-0.39, 0.29) is 12.4 Å². The van der Waals surface area contributed by atoms with E-state index in [1.807, 2.05) is 30.3 Å². The molecule has 0 radical (unpaired) electrons. The molecule has 2 aliphatic rings. The van der Waals surface area contributed by atoms with Crippen LogP contribution in [0.3, 0.4) is 0 Å². The first-order chi connectivity index (χ1) is 9.77. The Hall–Kier alpha value is -1.06. The molecule has 1 aromatic rings. The average molecular weight is 309 g/mol. The molecule has 2 heterocycles. The van der Waals surface area contributed by atoms with Gasteiger partial charge in [0.25, 0.3) is 0 Å². The number of benzene rings is 1. The maximum atomic E-state index is 12.4. The summed E-state index contributed by atoms with van der Waals surface area (Å²) in [5, 5.41) is 3.44. The first-order valence-electron chi connectivity index (χ1n) is 7.80. The molecule has 1 aromatic carbocycles. The van der Waals surface area contributed by atoms with Gasteiger partial charge in [-0.15, -0.1) is 12.4 Å². The summed E-state index contributed by atoms with van der Waals surface area (Å²) in [6.45, 7) is 4.20. The Labute approximate surface area is 133 Å². The van der Waals surface area contributed by atoms with Crippen molar-refractivity contribution in [2.45, 2.75) is 32.1 Å². The zero-order chi connectivity index (χ0) is 13.8. The largest absolute Gasteiger partial charge is 0.342 e. The van der Waals surface area contributed by atoms with E-state index < -0.39 is 0 Å². The minimum absolute atomic E-state index is 0. The highest BCUT2D eigenvalue weighted by Gasteiger charge is 2.36. The van der Waals surface area contributed by atoms with E-state index in [1.54, 1.807) is 0 Å². The standard InChI is InChI=1S/C17H24N2O.ClH/c20-16(14-15-4-2-1-3-5-15)19-12-8-17(9-13-19)6-10-18-11-7-17;/h1-5,18H,6-14H2;1H. The van der Waals surface area contributed by atoms with E-state index in [4.69, 9.17) is 0 Å². The number of likely N-dealkylation sites (tertiary alicyclic amines) is 1. The number of carbonyl (C=O) groups is 1. The van der Waals surface area contributed by atoms with Gasteiger partial charge in [-0.25, -0.2) is 0 Å². The number of nitrogens with one attached hydrogen (secondary N) is 1. The molecular formula is C17H25ClN2O. The van der Waals surface area contributed by atoms with Gasteiger partial charge in [0.2, 0.25) is 5.91 Å². The van der Waals surface area contributed by atoms with Gasteiger partial charge in [-0.2, -0.15) is 0 Å². The van der Waals surface area contributed by atoms with E-state index in [1.165, 1.54) is 25.7 Å². The van der Waals surface area contributed by atoms with Crippen molar-refractivity contribution in [3.63, 3.8) is 0 Å². The fraction of sp³-hybridized carbons (Fsp3) is 0.588. The lowest BCUT2D eigenvalue weighted by Crippen LogP contribution is -2.47. The Bertz CT molecular complexity index is 447. The first kappa shape index (κ1) is 16.3. The van der Waals surface area contributed by atoms with Gasteiger partial charge in [0.05, 0.1) is 6.42 Å². The SMILES string of the molecule is Cl.O=C(Cc1ccccc1)N1CCC2(CCNCC2)CC1. The summed E-state index contributed by atoms with van der Waals surface area (Å²) in [4.78, 5) is 14.4. The third-order valence-electron chi connectivity index (χ3n) is 5.04. The van der Waals surface area contributed by atoms with Crippen LogP contribution >= 0.6 is 12.4 Å². The number of hydrogen-bond donors (Lipinski definition) is 1. The Morgan fingerprint density at radius 3 is 2.29 bits per heavy atom. The van der Waals surface area contributed by atoms with Crippen molar-refractivity contribution in [3.05, 3.63) is 35.9 Å². The molecule has 2 saturated heterocycles. The van der Waals surface area contributed by atoms with Crippen LogP contribution < -0.4 is 5.32 Å². The van der Waals surface area contributed by atoms with Crippen molar-refractivity contribution >= 4 is 18.3 Å². The number of amides is 1. The molecule has 3 nitrogen and oxygen atoms in total. The lowest BCUT2D eigenvalue weighted by Gasteiger charge is -2.44. The van der Waals surface area contributed by atoms with Crippen molar-refractivity contribution in [1.82, 2.24) is 10.2 Å². The minimum Gasteiger partial charge on any atom is -0.342 e. The van der Waals surface area contributed by atoms with Crippen molar-refractivity contribution in [1.29, 1.82) is 0 Å². The summed E-state index contributed by atoms with van der Waals surface area (Å²) in [7, 11) is 0. The normalized spacial score (nSPS) is 20.9. The Kier molecular flexibility index (Phi) is 5.65. The van der Waals surface area contributed by atoms with E-state index in [0.717, 1.165) is 31.7 Å². The molecule has 0 atom stereocenters. The molecule has 4 heteroatoms. The predicted molar refractivity (Wildman–Crippen MR) is 87.7 cm³/mol. The Balaban J connectivity index is 0.00000161. The summed E-state index contributed by atoms with van der Waals surface area (Å²) < 4.78 is 0. The van der Waals surface area contributed by atoms with Crippen LogP contribution in [0.1, 0.15) is 31.2 Å². The highest BCUT2D eigenvalue weighted by Crippen LogP contribution is 2.39. The lowest BCUT2D eigenvalue weighted by atomic mass is 9.71. The molecule has 0 aliphatic carbocycles. The zero-order valence-corrected chi connectivity index (χ0v) is 13.3. The number of carbonyl (C=O) groups excluding carboxylic acids is 1. The van der Waals surface area contributed by atoms with Gasteiger partial charge in [-0.05, 0) is 49.8 Å². The number of nitrogens with zero attached hydrogens (tertiary/aromatic N) is 1. The summed E-state index contributed by atoms with van der Waals surface area (Å²) >= 11 is 0. The highest BCUT2D eigenvalue weighted by molar-refractivity contribution is 5.85. The van der Waals surface area contributed by atoms with Crippen LogP contribution in [-0.4, -0.2) is 37.0 Å². The van der Waals surface area contributed by atoms with E-state index >= 15 is 0 Å². The lowest BCUT2D eigenvalue weighted by molar-refractivity contribution is -0.133. The highest BCUT2D eigenvalue weighted by atomic mass is 35.5. The van der Waals surface area contributed by atoms with Crippen LogP contribution in [0, 0.1) is 5.41 Å². The van der Waals surface area contributed by atoms with Crippen molar-refractivity contribution in [2.75, 3.05) is 26.2 Å². The van der Waals surface area contributed by atoms with Gasteiger partial charge in [0, 0.05) is 13.1 Å². The van der Waals surface area contributed by atoms with Crippen molar-refractivity contribution in [3.8, 4) is 0 Å². The monoisotopic (exact) mass is 308 g/mol. The smallest absolute Gasteiger partial charge is 0.226 e. The maximum absolute atomic E-state index is 12.4. The van der Waals surface area contributed by atoms with Crippen LogP contribution in [-0.2, 0) is 11.2 Å². The van der Waals surface area contributed by atoms with Gasteiger partial charge in [0.15, 0.2) is 0 Å². The quantitative estimate of drug-likeness (QED) is 0.911. The summed E-state index contributed by atoms with van der Waals surface area (Å²) in [6, 6.07) is 10.1. The van der Waals surface area contributed by atoms with Crippen LogP contribution in [0.5, 0.6) is 0 Å². The van der Waals surface area contributed by atoms with Crippen molar-refractivity contribution < 1.29 is 4.79 Å². The number of halogens is 1. The van der Waals surface area contributed by atoms with Gasteiger partial charge in [0.1, 0.15) is 0 Å². The second kappa shape index (κ2) is 7.28. The summed E-state index contributed by atoms with van der Waals surface area (Å²) in [5.41, 5.74) is 1.65. The predicted octanol–water partition coefficient (Wildman–Crippen LogP) is 2.64. The molecule has 0 saturated carbocycles. The molecule has 1 spiro atoms. The van der Waals surface area contributed by atoms with E-state index in [0.29, 0.717) is 17.7 Å². The van der Waals surface area contributed by atoms with E-state index in [9.17, 15) is 4.79 Å². The topological polar surface area (TPSA) is 32.3 Å². The number of hydrogen-bond acceptors (Lipinski definition) is 2. The van der Waals surface area contributed by atoms with Gasteiger partial charge < -0.3 is 10.2 Å². The molecule has 0 unspecified atom stereocenters. The number of rotatable bonds is 2. The van der Waals surface area contributed by atoms with Gasteiger partial charge >= 0.3 is 0 Å². The average Bonchev–Trinajstić information content (AvgIpc) is 2.50. The van der Waals surface area contributed by atoms with Crippen LogP contribution in [0.25, 0.3) is 0 Å². The van der Waals surface area contributed by atoms with Gasteiger partial charge in [-0.3, -0.25) is 4.79 Å². The fourth-order valence-corrected chi connectivity index (χ4v) is 3.57. The second-order valence-corrected chi connectivity index (χ2v) is 6.29. The Morgan fingerprint density at radius 2 is 1.67 bits per heavy atom.